The lowest BCUT2D eigenvalue weighted by Crippen LogP contribution is -2.12. The Bertz CT molecular complexity index is 210. The zero-order valence-electron chi connectivity index (χ0n) is 7.44. The highest BCUT2D eigenvalue weighted by molar-refractivity contribution is 7.66. The van der Waals surface area contributed by atoms with Crippen LogP contribution in [0.2, 0.25) is 0 Å². The van der Waals surface area contributed by atoms with Crippen LogP contribution in [0.25, 0.3) is 0 Å². The Morgan fingerprint density at radius 3 is 2.38 bits per heavy atom. The topological polar surface area (TPSA) is 26.3 Å². The molecule has 0 unspecified atom stereocenters. The number of carbonyl (C=O) groups is 1. The van der Waals surface area contributed by atoms with Crippen LogP contribution in [0, 0.1) is 0 Å². The van der Waals surface area contributed by atoms with E-state index in [0.29, 0.717) is 12.2 Å². The third kappa shape index (κ3) is 7.37. The van der Waals surface area contributed by atoms with Gasteiger partial charge in [0.25, 0.3) is 0 Å². The van der Waals surface area contributed by atoms with Crippen LogP contribution in [-0.2, 0) is 9.53 Å². The van der Waals surface area contributed by atoms with Crippen LogP contribution >= 0.6 is 33.2 Å². The molecule has 0 rings (SSSR count). The maximum atomic E-state index is 11.1. The summed E-state index contributed by atoms with van der Waals surface area (Å²) in [5.74, 6) is -0.416. The van der Waals surface area contributed by atoms with Crippen LogP contribution in [0.5, 0.6) is 0 Å². The van der Waals surface area contributed by atoms with Gasteiger partial charge in [-0.3, -0.25) is 0 Å². The van der Waals surface area contributed by atoms with Crippen molar-refractivity contribution in [3.05, 3.63) is 11.3 Å². The standard InChI is InChI=1S/C7H11Cl3O2Si/c1-3-4-12-7(11)6(2)5-13(8,9)10/h5H,3-4H2,1-2H3. The largest absolute Gasteiger partial charge is 0.462 e. The highest BCUT2D eigenvalue weighted by atomic mass is 35.8. The quantitative estimate of drug-likeness (QED) is 0.336. The van der Waals surface area contributed by atoms with E-state index in [1.165, 1.54) is 5.70 Å². The maximum Gasteiger partial charge on any atom is 0.366 e. The van der Waals surface area contributed by atoms with Crippen molar-refractivity contribution in [1.29, 1.82) is 0 Å². The molecule has 0 atom stereocenters. The summed E-state index contributed by atoms with van der Waals surface area (Å²) in [6.45, 7) is 3.88. The second kappa shape index (κ2) is 5.91. The van der Waals surface area contributed by atoms with E-state index in [2.05, 4.69) is 0 Å². The summed E-state index contributed by atoms with van der Waals surface area (Å²) in [6.07, 6.45) is 0.782. The molecule has 0 saturated carbocycles. The summed E-state index contributed by atoms with van der Waals surface area (Å²) in [6, 6.07) is -2.87. The van der Waals surface area contributed by atoms with Crippen molar-refractivity contribution < 1.29 is 9.53 Å². The Balaban J connectivity index is 4.17. The average Bonchev–Trinajstić information content (AvgIpc) is 1.96. The molecule has 0 aliphatic rings. The van der Waals surface area contributed by atoms with E-state index < -0.39 is 12.0 Å². The van der Waals surface area contributed by atoms with Crippen molar-refractivity contribution in [2.75, 3.05) is 6.61 Å². The van der Waals surface area contributed by atoms with Gasteiger partial charge in [-0.2, -0.15) is 0 Å². The molecule has 0 saturated heterocycles. The summed E-state index contributed by atoms with van der Waals surface area (Å²) in [5.41, 5.74) is 1.73. The molecule has 0 amide bonds. The minimum Gasteiger partial charge on any atom is -0.462 e. The van der Waals surface area contributed by atoms with Gasteiger partial charge in [0.15, 0.2) is 0 Å². The number of ether oxygens (including phenoxy) is 1. The van der Waals surface area contributed by atoms with Crippen molar-refractivity contribution in [3.8, 4) is 0 Å². The van der Waals surface area contributed by atoms with E-state index in [1.807, 2.05) is 6.92 Å². The predicted octanol–water partition coefficient (Wildman–Crippen LogP) is 3.08. The summed E-state index contributed by atoms with van der Waals surface area (Å²) in [5, 5.41) is 0. The summed E-state index contributed by atoms with van der Waals surface area (Å²) in [4.78, 5) is 11.1. The summed E-state index contributed by atoms with van der Waals surface area (Å²) < 4.78 is 4.84. The van der Waals surface area contributed by atoms with Crippen molar-refractivity contribution in [1.82, 2.24) is 0 Å². The second-order valence-electron chi connectivity index (χ2n) is 2.50. The molecule has 0 heterocycles. The zero-order chi connectivity index (χ0) is 10.5. The molecule has 0 fully saturated rings. The van der Waals surface area contributed by atoms with Crippen LogP contribution < -0.4 is 0 Å². The van der Waals surface area contributed by atoms with E-state index in [-0.39, 0.29) is 0 Å². The first-order valence-corrected chi connectivity index (χ1v) is 8.91. The summed E-state index contributed by atoms with van der Waals surface area (Å²) in [7, 11) is 0. The third-order valence-electron chi connectivity index (χ3n) is 1.14. The number of rotatable bonds is 4. The molecule has 0 radical (unpaired) electrons. The molecular formula is C7H11Cl3O2Si. The van der Waals surface area contributed by atoms with Crippen LogP contribution in [0.15, 0.2) is 11.3 Å². The molecule has 0 aromatic carbocycles. The fourth-order valence-electron chi connectivity index (χ4n) is 0.613. The van der Waals surface area contributed by atoms with Gasteiger partial charge in [-0.15, -0.1) is 33.2 Å². The second-order valence-corrected chi connectivity index (χ2v) is 11.0. The highest BCUT2D eigenvalue weighted by Crippen LogP contribution is 2.22. The first-order valence-electron chi connectivity index (χ1n) is 3.80. The van der Waals surface area contributed by atoms with E-state index in [4.69, 9.17) is 38.0 Å². The van der Waals surface area contributed by atoms with Gasteiger partial charge in [0.2, 0.25) is 0 Å². The average molecular weight is 262 g/mol. The molecule has 0 aliphatic heterocycles. The highest BCUT2D eigenvalue weighted by Gasteiger charge is 2.23. The normalized spacial score (nSPS) is 12.8. The van der Waals surface area contributed by atoms with Gasteiger partial charge in [-0.05, 0) is 19.0 Å². The number of carbonyl (C=O) groups excluding carboxylic acids is 1. The van der Waals surface area contributed by atoms with Crippen LogP contribution in [0.3, 0.4) is 0 Å². The molecule has 76 valence electrons. The third-order valence-corrected chi connectivity index (χ3v) is 2.88. The Labute approximate surface area is 92.9 Å². The summed E-state index contributed by atoms with van der Waals surface area (Å²) >= 11 is 16.8. The Hall–Kier alpha value is 0.297. The molecule has 13 heavy (non-hydrogen) atoms. The lowest BCUT2D eigenvalue weighted by Gasteiger charge is -2.05. The number of esters is 1. The first kappa shape index (κ1) is 13.3. The molecule has 0 spiro atoms. The molecule has 0 aromatic rings. The van der Waals surface area contributed by atoms with Gasteiger partial charge in [0.05, 0.1) is 6.61 Å². The monoisotopic (exact) mass is 260 g/mol. The van der Waals surface area contributed by atoms with E-state index in [9.17, 15) is 4.79 Å². The van der Waals surface area contributed by atoms with Crippen LogP contribution in [0.4, 0.5) is 0 Å². The Morgan fingerprint density at radius 2 is 2.00 bits per heavy atom. The zero-order valence-corrected chi connectivity index (χ0v) is 10.7. The molecule has 2 nitrogen and oxygen atoms in total. The van der Waals surface area contributed by atoms with Gasteiger partial charge in [-0.1, -0.05) is 6.92 Å². The fourth-order valence-corrected chi connectivity index (χ4v) is 2.69. The van der Waals surface area contributed by atoms with Gasteiger partial charge in [0.1, 0.15) is 0 Å². The molecule has 0 N–H and O–H groups in total. The molecule has 0 aliphatic carbocycles. The van der Waals surface area contributed by atoms with E-state index in [1.54, 1.807) is 6.92 Å². The van der Waals surface area contributed by atoms with Crippen molar-refractivity contribution in [2.24, 2.45) is 0 Å². The Kier molecular flexibility index (Phi) is 6.04. The van der Waals surface area contributed by atoms with Gasteiger partial charge in [-0.25, -0.2) is 4.79 Å². The predicted molar refractivity (Wildman–Crippen MR) is 58.3 cm³/mol. The lowest BCUT2D eigenvalue weighted by atomic mass is 10.4. The minimum absolute atomic E-state index is 0.361. The van der Waals surface area contributed by atoms with E-state index in [0.717, 1.165) is 6.42 Å². The molecule has 6 heteroatoms. The van der Waals surface area contributed by atoms with Crippen molar-refractivity contribution >= 4 is 45.2 Å². The fraction of sp³-hybridized carbons (Fsp3) is 0.571. The maximum absolute atomic E-state index is 11.1. The number of hydrogen-bond acceptors (Lipinski definition) is 2. The molecule has 0 aromatic heterocycles. The molecule has 0 bridgehead atoms. The van der Waals surface area contributed by atoms with Crippen LogP contribution in [0.1, 0.15) is 20.3 Å². The smallest absolute Gasteiger partial charge is 0.366 e. The van der Waals surface area contributed by atoms with Gasteiger partial charge in [0, 0.05) is 5.57 Å². The number of halogens is 3. The van der Waals surface area contributed by atoms with Crippen molar-refractivity contribution in [2.45, 2.75) is 20.3 Å². The first-order chi connectivity index (χ1) is 5.87. The minimum atomic E-state index is -2.87. The lowest BCUT2D eigenvalue weighted by molar-refractivity contribution is -0.138. The van der Waals surface area contributed by atoms with Gasteiger partial charge < -0.3 is 4.74 Å². The van der Waals surface area contributed by atoms with Crippen molar-refractivity contribution in [3.63, 3.8) is 0 Å². The molecular weight excluding hydrogens is 251 g/mol. The Morgan fingerprint density at radius 1 is 1.46 bits per heavy atom. The van der Waals surface area contributed by atoms with Crippen LogP contribution in [-0.4, -0.2) is 18.6 Å². The number of hydrogen-bond donors (Lipinski definition) is 0. The van der Waals surface area contributed by atoms with Gasteiger partial charge >= 0.3 is 12.0 Å². The van der Waals surface area contributed by atoms with E-state index >= 15 is 0 Å². The SMILES string of the molecule is CCCOC(=O)C(C)=C[Si](Cl)(Cl)Cl.